The molecule has 3 aromatic rings. The molecule has 3 aromatic carbocycles. The van der Waals surface area contributed by atoms with E-state index in [2.05, 4.69) is 12.1 Å². The van der Waals surface area contributed by atoms with E-state index in [1.54, 1.807) is 16.7 Å². The molecule has 0 aromatic heterocycles. The van der Waals surface area contributed by atoms with Gasteiger partial charge in [0.15, 0.2) is 0 Å². The molecule has 3 rings (SSSR count). The number of amides is 1. The van der Waals surface area contributed by atoms with Crippen LogP contribution < -0.4 is 4.74 Å². The van der Waals surface area contributed by atoms with Crippen molar-refractivity contribution in [3.63, 3.8) is 0 Å². The first-order chi connectivity index (χ1) is 13.2. The predicted molar refractivity (Wildman–Crippen MR) is 111 cm³/mol. The fourth-order valence-corrected chi connectivity index (χ4v) is 3.43. The van der Waals surface area contributed by atoms with Crippen molar-refractivity contribution in [3.05, 3.63) is 96.1 Å². The number of hydrogen-bond donors (Lipinski definition) is 0. The van der Waals surface area contributed by atoms with Crippen molar-refractivity contribution in [3.8, 4) is 5.75 Å². The van der Waals surface area contributed by atoms with Crippen LogP contribution in [0.3, 0.4) is 0 Å². The topological polar surface area (TPSA) is 29.5 Å². The third-order valence-corrected chi connectivity index (χ3v) is 5.05. The third-order valence-electron chi connectivity index (χ3n) is 4.07. The number of ether oxygens (including phenoxy) is 1. The van der Waals surface area contributed by atoms with Gasteiger partial charge >= 0.3 is 0 Å². The Kier molecular flexibility index (Phi) is 6.94. The molecule has 0 N–H and O–H groups in total. The summed E-state index contributed by atoms with van der Waals surface area (Å²) in [5.74, 6) is 1.67. The van der Waals surface area contributed by atoms with Gasteiger partial charge in [0, 0.05) is 29.8 Å². The summed E-state index contributed by atoms with van der Waals surface area (Å²) in [5.41, 5.74) is 1.78. The molecule has 0 atom stereocenters. The summed E-state index contributed by atoms with van der Waals surface area (Å²) in [7, 11) is 1.82. The second-order valence-corrected chi connectivity index (χ2v) is 7.35. The summed E-state index contributed by atoms with van der Waals surface area (Å²) >= 11 is 1.77. The van der Waals surface area contributed by atoms with E-state index in [1.165, 1.54) is 4.90 Å². The average molecular weight is 378 g/mol. The quantitative estimate of drug-likeness (QED) is 0.403. The number of carbonyl (C=O) groups excluding carboxylic acids is 1. The minimum absolute atomic E-state index is 0.00466. The first-order valence-electron chi connectivity index (χ1n) is 8.92. The average Bonchev–Trinajstić information content (AvgIpc) is 2.72. The number of benzene rings is 3. The van der Waals surface area contributed by atoms with E-state index in [1.807, 2.05) is 79.8 Å². The molecular weight excluding hydrogens is 354 g/mol. The van der Waals surface area contributed by atoms with E-state index in [9.17, 15) is 4.79 Å². The highest BCUT2D eigenvalue weighted by Crippen LogP contribution is 2.18. The molecule has 0 bridgehead atoms. The van der Waals surface area contributed by atoms with Crippen LogP contribution in [0.1, 0.15) is 15.9 Å². The molecular formula is C23H23NO2S. The Morgan fingerprint density at radius 3 is 2.19 bits per heavy atom. The van der Waals surface area contributed by atoms with Crippen molar-refractivity contribution in [2.24, 2.45) is 0 Å². The number of carbonyl (C=O) groups is 1. The molecule has 0 aliphatic heterocycles. The third kappa shape index (κ3) is 5.90. The zero-order chi connectivity index (χ0) is 18.9. The van der Waals surface area contributed by atoms with E-state index in [-0.39, 0.29) is 5.91 Å². The fraction of sp³-hybridized carbons (Fsp3) is 0.174. The van der Waals surface area contributed by atoms with E-state index in [4.69, 9.17) is 4.74 Å². The Bertz CT molecular complexity index is 835. The number of hydrogen-bond acceptors (Lipinski definition) is 3. The van der Waals surface area contributed by atoms with Gasteiger partial charge in [-0.05, 0) is 42.0 Å². The van der Waals surface area contributed by atoms with Gasteiger partial charge in [0.2, 0.25) is 0 Å². The van der Waals surface area contributed by atoms with Crippen molar-refractivity contribution in [1.82, 2.24) is 4.90 Å². The Morgan fingerprint density at radius 1 is 0.889 bits per heavy atom. The SMILES string of the molecule is CN(Cc1ccccc1)C(=O)c1ccc(OCCSc2ccccc2)cc1. The van der Waals surface area contributed by atoms with Gasteiger partial charge in [-0.25, -0.2) is 0 Å². The van der Waals surface area contributed by atoms with E-state index >= 15 is 0 Å². The van der Waals surface area contributed by atoms with Crippen LogP contribution in [0.25, 0.3) is 0 Å². The maximum Gasteiger partial charge on any atom is 0.253 e. The number of nitrogens with zero attached hydrogens (tertiary/aromatic N) is 1. The minimum Gasteiger partial charge on any atom is -0.493 e. The Morgan fingerprint density at radius 2 is 1.52 bits per heavy atom. The summed E-state index contributed by atoms with van der Waals surface area (Å²) in [6.07, 6.45) is 0. The lowest BCUT2D eigenvalue weighted by molar-refractivity contribution is 0.0785. The molecule has 0 saturated heterocycles. The lowest BCUT2D eigenvalue weighted by Crippen LogP contribution is -2.26. The molecule has 27 heavy (non-hydrogen) atoms. The first-order valence-corrected chi connectivity index (χ1v) is 9.91. The van der Waals surface area contributed by atoms with Crippen molar-refractivity contribution in [1.29, 1.82) is 0 Å². The smallest absolute Gasteiger partial charge is 0.253 e. The van der Waals surface area contributed by atoms with Gasteiger partial charge in [-0.2, -0.15) is 0 Å². The molecule has 138 valence electrons. The van der Waals surface area contributed by atoms with E-state index in [0.29, 0.717) is 18.7 Å². The highest BCUT2D eigenvalue weighted by atomic mass is 32.2. The first kappa shape index (κ1) is 19.1. The fourth-order valence-electron chi connectivity index (χ4n) is 2.68. The molecule has 0 spiro atoms. The summed E-state index contributed by atoms with van der Waals surface area (Å²) in [6.45, 7) is 1.22. The highest BCUT2D eigenvalue weighted by molar-refractivity contribution is 7.99. The molecule has 0 heterocycles. The summed E-state index contributed by atoms with van der Waals surface area (Å²) in [4.78, 5) is 15.5. The van der Waals surface area contributed by atoms with Crippen LogP contribution in [0, 0.1) is 0 Å². The Labute approximate surface area is 165 Å². The molecule has 0 unspecified atom stereocenters. The normalized spacial score (nSPS) is 10.4. The van der Waals surface area contributed by atoms with Crippen molar-refractivity contribution in [2.45, 2.75) is 11.4 Å². The van der Waals surface area contributed by atoms with Crippen LogP contribution in [0.15, 0.2) is 89.8 Å². The molecule has 0 saturated carbocycles. The van der Waals surface area contributed by atoms with Gasteiger partial charge in [0.05, 0.1) is 6.61 Å². The van der Waals surface area contributed by atoms with Crippen molar-refractivity contribution >= 4 is 17.7 Å². The van der Waals surface area contributed by atoms with Crippen LogP contribution in [0.2, 0.25) is 0 Å². The van der Waals surface area contributed by atoms with Crippen LogP contribution in [0.4, 0.5) is 0 Å². The van der Waals surface area contributed by atoms with E-state index < -0.39 is 0 Å². The van der Waals surface area contributed by atoms with Gasteiger partial charge in [-0.15, -0.1) is 11.8 Å². The van der Waals surface area contributed by atoms with Crippen LogP contribution in [0.5, 0.6) is 5.75 Å². The standard InChI is InChI=1S/C23H23NO2S/c1-24(18-19-8-4-2-5-9-19)23(25)20-12-14-21(15-13-20)26-16-17-27-22-10-6-3-7-11-22/h2-15H,16-18H2,1H3. The minimum atomic E-state index is 0.00466. The Balaban J connectivity index is 1.47. The summed E-state index contributed by atoms with van der Waals surface area (Å²) < 4.78 is 5.77. The molecule has 0 aliphatic rings. The van der Waals surface area contributed by atoms with Crippen LogP contribution >= 0.6 is 11.8 Å². The largest absolute Gasteiger partial charge is 0.493 e. The van der Waals surface area contributed by atoms with Crippen LogP contribution in [-0.2, 0) is 6.54 Å². The Hall–Kier alpha value is -2.72. The monoisotopic (exact) mass is 377 g/mol. The van der Waals surface area contributed by atoms with Gasteiger partial charge in [0.25, 0.3) is 5.91 Å². The van der Waals surface area contributed by atoms with Crippen molar-refractivity contribution in [2.75, 3.05) is 19.4 Å². The summed E-state index contributed by atoms with van der Waals surface area (Å²) in [5, 5.41) is 0. The molecule has 4 heteroatoms. The van der Waals surface area contributed by atoms with Gasteiger partial charge in [-0.3, -0.25) is 4.79 Å². The highest BCUT2D eigenvalue weighted by Gasteiger charge is 2.12. The summed E-state index contributed by atoms with van der Waals surface area (Å²) in [6, 6.07) is 27.6. The molecule has 1 amide bonds. The molecule has 0 radical (unpaired) electrons. The number of thioether (sulfide) groups is 1. The zero-order valence-electron chi connectivity index (χ0n) is 15.4. The molecule has 0 fully saturated rings. The lowest BCUT2D eigenvalue weighted by atomic mass is 10.1. The maximum absolute atomic E-state index is 12.6. The molecule has 0 aliphatic carbocycles. The number of rotatable bonds is 8. The molecule has 3 nitrogen and oxygen atoms in total. The van der Waals surface area contributed by atoms with Gasteiger partial charge < -0.3 is 9.64 Å². The second kappa shape index (κ2) is 9.83. The predicted octanol–water partition coefficient (Wildman–Crippen LogP) is 5.13. The maximum atomic E-state index is 12.6. The van der Waals surface area contributed by atoms with E-state index in [0.717, 1.165) is 17.1 Å². The second-order valence-electron chi connectivity index (χ2n) is 6.18. The van der Waals surface area contributed by atoms with Gasteiger partial charge in [0.1, 0.15) is 5.75 Å². The van der Waals surface area contributed by atoms with Crippen molar-refractivity contribution < 1.29 is 9.53 Å². The van der Waals surface area contributed by atoms with Gasteiger partial charge in [-0.1, -0.05) is 48.5 Å². The zero-order valence-corrected chi connectivity index (χ0v) is 16.2. The lowest BCUT2D eigenvalue weighted by Gasteiger charge is -2.17. The van der Waals surface area contributed by atoms with Crippen LogP contribution in [-0.4, -0.2) is 30.2 Å².